The predicted octanol–water partition coefficient (Wildman–Crippen LogP) is -0.0589. The van der Waals surface area contributed by atoms with E-state index in [-0.39, 0.29) is 11.1 Å². The van der Waals surface area contributed by atoms with Crippen LogP contribution in [0.3, 0.4) is 0 Å². The van der Waals surface area contributed by atoms with E-state index in [2.05, 4.69) is 4.98 Å². The number of hydrogen-bond acceptors (Lipinski definition) is 4. The van der Waals surface area contributed by atoms with Crippen LogP contribution in [-0.2, 0) is 23.0 Å². The molecule has 18 heavy (non-hydrogen) atoms. The Morgan fingerprint density at radius 1 is 1.33 bits per heavy atom. The number of nitrogens with zero attached hydrogens (tertiary/aromatic N) is 3. The Kier molecular flexibility index (Phi) is 2.91. The topological polar surface area (TPSA) is 81.2 Å². The molecule has 1 fully saturated rings. The van der Waals surface area contributed by atoms with E-state index in [4.69, 9.17) is 5.73 Å². The van der Waals surface area contributed by atoms with E-state index >= 15 is 0 Å². The van der Waals surface area contributed by atoms with Crippen molar-refractivity contribution in [3.05, 3.63) is 12.0 Å². The molecule has 7 heteroatoms. The minimum atomic E-state index is -3.44. The molecule has 0 amide bonds. The maximum Gasteiger partial charge on any atom is 0.262 e. The van der Waals surface area contributed by atoms with Crippen LogP contribution in [0.1, 0.15) is 25.1 Å². The lowest BCUT2D eigenvalue weighted by molar-refractivity contribution is 0.469. The normalized spacial score (nSPS) is 25.3. The summed E-state index contributed by atoms with van der Waals surface area (Å²) in [4.78, 5) is 4.28. The summed E-state index contributed by atoms with van der Waals surface area (Å²) in [6.07, 6.45) is 5.46. The van der Waals surface area contributed by atoms with Crippen molar-refractivity contribution in [3.8, 4) is 0 Å². The predicted molar refractivity (Wildman–Crippen MR) is 66.5 cm³/mol. The molecule has 3 heterocycles. The Morgan fingerprint density at radius 2 is 2.17 bits per heavy atom. The summed E-state index contributed by atoms with van der Waals surface area (Å²) >= 11 is 0. The van der Waals surface area contributed by atoms with Crippen molar-refractivity contribution in [2.75, 3.05) is 13.1 Å². The molecule has 100 valence electrons. The number of nitrogens with two attached hydrogens (primary N) is 1. The fourth-order valence-electron chi connectivity index (χ4n) is 2.62. The highest BCUT2D eigenvalue weighted by Gasteiger charge is 2.33. The van der Waals surface area contributed by atoms with Crippen molar-refractivity contribution >= 4 is 10.0 Å². The summed E-state index contributed by atoms with van der Waals surface area (Å²) < 4.78 is 28.2. The Morgan fingerprint density at radius 3 is 2.83 bits per heavy atom. The lowest BCUT2D eigenvalue weighted by atomic mass is 10.2. The van der Waals surface area contributed by atoms with E-state index in [9.17, 15) is 8.42 Å². The molecule has 3 rings (SSSR count). The largest absolute Gasteiger partial charge is 0.333 e. The standard InChI is InChI=1S/C11H18N4O2S/c12-9-4-6-15(7-9)18(16,17)11-8-14-5-2-1-3-10(14)13-11/h8-9H,1-7,12H2. The molecule has 6 nitrogen and oxygen atoms in total. The van der Waals surface area contributed by atoms with Gasteiger partial charge in [0.25, 0.3) is 10.0 Å². The first-order valence-corrected chi connectivity index (χ1v) is 7.83. The van der Waals surface area contributed by atoms with Gasteiger partial charge in [0.15, 0.2) is 5.03 Å². The lowest BCUT2D eigenvalue weighted by Gasteiger charge is -2.13. The van der Waals surface area contributed by atoms with Gasteiger partial charge < -0.3 is 10.3 Å². The van der Waals surface area contributed by atoms with Crippen LogP contribution in [0.2, 0.25) is 0 Å². The van der Waals surface area contributed by atoms with Crippen molar-refractivity contribution in [1.82, 2.24) is 13.9 Å². The fraction of sp³-hybridized carbons (Fsp3) is 0.727. The van der Waals surface area contributed by atoms with E-state index in [0.717, 1.165) is 38.1 Å². The zero-order valence-electron chi connectivity index (χ0n) is 10.2. The zero-order valence-corrected chi connectivity index (χ0v) is 11.1. The van der Waals surface area contributed by atoms with Gasteiger partial charge in [0, 0.05) is 38.3 Å². The molecule has 2 aliphatic rings. The van der Waals surface area contributed by atoms with E-state index in [1.807, 2.05) is 4.57 Å². The molecule has 0 spiro atoms. The van der Waals surface area contributed by atoms with Gasteiger partial charge in [0.1, 0.15) is 5.82 Å². The number of aryl methyl sites for hydroxylation is 2. The van der Waals surface area contributed by atoms with Gasteiger partial charge >= 0.3 is 0 Å². The van der Waals surface area contributed by atoms with Gasteiger partial charge in [-0.25, -0.2) is 13.4 Å². The SMILES string of the molecule is NC1CCN(S(=O)(=O)c2cn3c(n2)CCCC3)C1. The second-order valence-corrected chi connectivity index (χ2v) is 6.94. The fourth-order valence-corrected chi connectivity index (χ4v) is 4.09. The maximum atomic E-state index is 12.4. The third-order valence-electron chi connectivity index (χ3n) is 3.68. The first-order valence-electron chi connectivity index (χ1n) is 6.39. The summed E-state index contributed by atoms with van der Waals surface area (Å²) in [5.74, 6) is 0.892. The van der Waals surface area contributed by atoms with Gasteiger partial charge in [-0.2, -0.15) is 4.31 Å². The van der Waals surface area contributed by atoms with Crippen LogP contribution in [0.15, 0.2) is 11.2 Å². The monoisotopic (exact) mass is 270 g/mol. The summed E-state index contributed by atoms with van der Waals surface area (Å²) in [7, 11) is -3.44. The third-order valence-corrected chi connectivity index (χ3v) is 5.41. The Balaban J connectivity index is 1.91. The molecule has 0 aliphatic carbocycles. The van der Waals surface area contributed by atoms with Crippen molar-refractivity contribution in [1.29, 1.82) is 0 Å². The lowest BCUT2D eigenvalue weighted by Crippen LogP contribution is -2.32. The summed E-state index contributed by atoms with van der Waals surface area (Å²) in [6.45, 7) is 1.79. The minimum Gasteiger partial charge on any atom is -0.333 e. The van der Waals surface area contributed by atoms with Crippen LogP contribution >= 0.6 is 0 Å². The van der Waals surface area contributed by atoms with Crippen LogP contribution in [0, 0.1) is 0 Å². The van der Waals surface area contributed by atoms with Crippen molar-refractivity contribution in [2.24, 2.45) is 5.73 Å². The molecule has 1 saturated heterocycles. The second-order valence-electron chi connectivity index (χ2n) is 5.06. The molecular weight excluding hydrogens is 252 g/mol. The van der Waals surface area contributed by atoms with Gasteiger partial charge in [-0.15, -0.1) is 0 Å². The zero-order chi connectivity index (χ0) is 12.8. The highest BCUT2D eigenvalue weighted by Crippen LogP contribution is 2.22. The van der Waals surface area contributed by atoms with Crippen molar-refractivity contribution in [3.63, 3.8) is 0 Å². The number of sulfonamides is 1. The van der Waals surface area contributed by atoms with Gasteiger partial charge in [-0.3, -0.25) is 0 Å². The number of fused-ring (bicyclic) bond motifs is 1. The third kappa shape index (κ3) is 1.96. The molecule has 1 unspecified atom stereocenters. The van der Waals surface area contributed by atoms with E-state index in [1.165, 1.54) is 4.31 Å². The van der Waals surface area contributed by atoms with Crippen molar-refractivity contribution in [2.45, 2.75) is 43.3 Å². The van der Waals surface area contributed by atoms with Gasteiger partial charge in [-0.05, 0) is 19.3 Å². The van der Waals surface area contributed by atoms with Gasteiger partial charge in [0.2, 0.25) is 0 Å². The minimum absolute atomic E-state index is 0.0444. The molecule has 0 radical (unpaired) electrons. The smallest absolute Gasteiger partial charge is 0.262 e. The van der Waals surface area contributed by atoms with Crippen LogP contribution < -0.4 is 5.73 Å². The van der Waals surface area contributed by atoms with Gasteiger partial charge in [-0.1, -0.05) is 0 Å². The Hall–Kier alpha value is -0.920. The average Bonchev–Trinajstić information content (AvgIpc) is 2.94. The summed E-state index contributed by atoms with van der Waals surface area (Å²) in [6, 6.07) is -0.0444. The Bertz CT molecular complexity index is 528. The summed E-state index contributed by atoms with van der Waals surface area (Å²) in [5, 5.41) is 0.188. The molecular formula is C11H18N4O2S. The van der Waals surface area contributed by atoms with E-state index in [0.29, 0.717) is 13.1 Å². The number of imidazole rings is 1. The molecule has 0 saturated carbocycles. The van der Waals surface area contributed by atoms with E-state index < -0.39 is 10.0 Å². The average molecular weight is 270 g/mol. The van der Waals surface area contributed by atoms with E-state index in [1.54, 1.807) is 6.20 Å². The number of aromatic nitrogens is 2. The number of hydrogen-bond donors (Lipinski definition) is 1. The molecule has 1 aromatic rings. The van der Waals surface area contributed by atoms with Crippen LogP contribution in [0.4, 0.5) is 0 Å². The first-order chi connectivity index (χ1) is 8.57. The molecule has 1 aromatic heterocycles. The summed E-state index contributed by atoms with van der Waals surface area (Å²) in [5.41, 5.74) is 5.77. The molecule has 2 N–H and O–H groups in total. The highest BCUT2D eigenvalue weighted by molar-refractivity contribution is 7.89. The highest BCUT2D eigenvalue weighted by atomic mass is 32.2. The molecule has 0 aromatic carbocycles. The quantitative estimate of drug-likeness (QED) is 0.816. The van der Waals surface area contributed by atoms with Crippen LogP contribution in [-0.4, -0.2) is 41.4 Å². The first kappa shape index (κ1) is 12.1. The molecule has 1 atom stereocenters. The molecule has 0 bridgehead atoms. The molecule has 2 aliphatic heterocycles. The van der Waals surface area contributed by atoms with Crippen molar-refractivity contribution < 1.29 is 8.42 Å². The van der Waals surface area contributed by atoms with Crippen LogP contribution in [0.25, 0.3) is 0 Å². The second kappa shape index (κ2) is 4.32. The Labute approximate surface area is 107 Å². The number of rotatable bonds is 2. The maximum absolute atomic E-state index is 12.4. The van der Waals surface area contributed by atoms with Crippen LogP contribution in [0.5, 0.6) is 0 Å². The van der Waals surface area contributed by atoms with Gasteiger partial charge in [0.05, 0.1) is 0 Å².